The van der Waals surface area contributed by atoms with Crippen molar-refractivity contribution < 1.29 is 18.3 Å². The van der Waals surface area contributed by atoms with Gasteiger partial charge in [0.2, 0.25) is 0 Å². The van der Waals surface area contributed by atoms with E-state index in [1.54, 1.807) is 11.9 Å². The van der Waals surface area contributed by atoms with E-state index in [9.17, 15) is 13.6 Å². The van der Waals surface area contributed by atoms with Crippen LogP contribution in [-0.4, -0.2) is 44.0 Å². The van der Waals surface area contributed by atoms with E-state index in [0.717, 1.165) is 7.11 Å². The summed E-state index contributed by atoms with van der Waals surface area (Å²) >= 11 is 0. The molecule has 1 saturated heterocycles. The van der Waals surface area contributed by atoms with Gasteiger partial charge < -0.3 is 9.64 Å². The summed E-state index contributed by atoms with van der Waals surface area (Å²) in [6, 6.07) is 0. The Hall–Kier alpha value is -0.710. The zero-order valence-electron chi connectivity index (χ0n) is 8.64. The van der Waals surface area contributed by atoms with Crippen LogP contribution in [0.3, 0.4) is 0 Å². The van der Waals surface area contributed by atoms with Crippen LogP contribution in [0.4, 0.5) is 8.78 Å². The molecule has 1 rings (SSSR count). The molecular formula is C9H15F2NO2. The number of piperidine rings is 1. The molecule has 82 valence electrons. The van der Waals surface area contributed by atoms with Gasteiger partial charge in [0.25, 0.3) is 5.92 Å². The van der Waals surface area contributed by atoms with Gasteiger partial charge >= 0.3 is 5.97 Å². The molecule has 0 saturated carbocycles. The van der Waals surface area contributed by atoms with Gasteiger partial charge in [0.1, 0.15) is 5.41 Å². The minimum atomic E-state index is -2.98. The van der Waals surface area contributed by atoms with Gasteiger partial charge in [-0.25, -0.2) is 8.78 Å². The van der Waals surface area contributed by atoms with Crippen molar-refractivity contribution in [2.24, 2.45) is 5.41 Å². The van der Waals surface area contributed by atoms with Crippen molar-refractivity contribution in [3.05, 3.63) is 0 Å². The molecule has 3 nitrogen and oxygen atoms in total. The molecule has 0 aromatic rings. The van der Waals surface area contributed by atoms with Gasteiger partial charge in [-0.1, -0.05) is 0 Å². The first-order valence-electron chi connectivity index (χ1n) is 4.48. The van der Waals surface area contributed by atoms with E-state index in [1.165, 1.54) is 6.92 Å². The molecule has 0 aliphatic carbocycles. The third-order valence-corrected chi connectivity index (χ3v) is 2.84. The van der Waals surface area contributed by atoms with E-state index in [-0.39, 0.29) is 13.0 Å². The Labute approximate surface area is 82.0 Å². The second-order valence-corrected chi connectivity index (χ2v) is 4.02. The van der Waals surface area contributed by atoms with Crippen LogP contribution in [0.25, 0.3) is 0 Å². The SMILES string of the molecule is COC(=O)C1(C)CN(C)CCC1(F)F. The first kappa shape index (κ1) is 11.4. The van der Waals surface area contributed by atoms with Gasteiger partial charge in [0.05, 0.1) is 7.11 Å². The maximum Gasteiger partial charge on any atom is 0.318 e. The third-order valence-electron chi connectivity index (χ3n) is 2.84. The molecule has 5 heteroatoms. The summed E-state index contributed by atoms with van der Waals surface area (Å²) in [5.74, 6) is -3.82. The summed E-state index contributed by atoms with van der Waals surface area (Å²) in [7, 11) is 2.86. The van der Waals surface area contributed by atoms with Crippen LogP contribution in [0.5, 0.6) is 0 Å². The number of hydrogen-bond acceptors (Lipinski definition) is 3. The number of alkyl halides is 2. The molecule has 1 heterocycles. The van der Waals surface area contributed by atoms with Crippen molar-refractivity contribution in [1.82, 2.24) is 4.90 Å². The lowest BCUT2D eigenvalue weighted by Gasteiger charge is -2.42. The van der Waals surface area contributed by atoms with E-state index >= 15 is 0 Å². The number of hydrogen-bond donors (Lipinski definition) is 0. The Morgan fingerprint density at radius 2 is 2.07 bits per heavy atom. The van der Waals surface area contributed by atoms with E-state index in [0.29, 0.717) is 6.54 Å². The topological polar surface area (TPSA) is 29.5 Å². The Kier molecular flexibility index (Phi) is 2.81. The monoisotopic (exact) mass is 207 g/mol. The number of ether oxygens (including phenoxy) is 1. The normalized spacial score (nSPS) is 32.6. The molecule has 0 spiro atoms. The molecule has 0 amide bonds. The smallest absolute Gasteiger partial charge is 0.318 e. The molecule has 14 heavy (non-hydrogen) atoms. The number of likely N-dealkylation sites (tertiary alicyclic amines) is 1. The fourth-order valence-corrected chi connectivity index (χ4v) is 1.78. The minimum absolute atomic E-state index is 0.0344. The first-order chi connectivity index (χ1) is 6.33. The summed E-state index contributed by atoms with van der Waals surface area (Å²) in [4.78, 5) is 13.0. The van der Waals surface area contributed by atoms with Gasteiger partial charge in [-0.3, -0.25) is 4.79 Å². The fourth-order valence-electron chi connectivity index (χ4n) is 1.78. The molecule has 1 unspecified atom stereocenters. The van der Waals surface area contributed by atoms with Crippen LogP contribution in [0.2, 0.25) is 0 Å². The lowest BCUT2D eigenvalue weighted by molar-refractivity contribution is -0.194. The van der Waals surface area contributed by atoms with E-state index in [4.69, 9.17) is 0 Å². The summed E-state index contributed by atoms with van der Waals surface area (Å²) in [5, 5.41) is 0. The second kappa shape index (κ2) is 3.46. The largest absolute Gasteiger partial charge is 0.468 e. The molecule has 0 N–H and O–H groups in total. The van der Waals surface area contributed by atoms with Crippen molar-refractivity contribution in [3.8, 4) is 0 Å². The average molecular weight is 207 g/mol. The highest BCUT2D eigenvalue weighted by molar-refractivity contribution is 5.78. The number of esters is 1. The molecule has 0 aromatic heterocycles. The van der Waals surface area contributed by atoms with Gasteiger partial charge in [-0.15, -0.1) is 0 Å². The van der Waals surface area contributed by atoms with Gasteiger partial charge in [0, 0.05) is 19.5 Å². The maximum atomic E-state index is 13.5. The predicted octanol–water partition coefficient (Wildman–Crippen LogP) is 1.14. The van der Waals surface area contributed by atoms with Gasteiger partial charge in [0.15, 0.2) is 0 Å². The molecule has 0 bridgehead atoms. The number of carbonyl (C=O) groups is 1. The predicted molar refractivity (Wildman–Crippen MR) is 47.2 cm³/mol. The van der Waals surface area contributed by atoms with Crippen LogP contribution >= 0.6 is 0 Å². The molecular weight excluding hydrogens is 192 g/mol. The Morgan fingerprint density at radius 3 is 2.57 bits per heavy atom. The second-order valence-electron chi connectivity index (χ2n) is 4.02. The Morgan fingerprint density at radius 1 is 1.50 bits per heavy atom. The van der Waals surface area contributed by atoms with E-state index in [2.05, 4.69) is 4.74 Å². The third kappa shape index (κ3) is 1.61. The number of nitrogens with zero attached hydrogens (tertiary/aromatic N) is 1. The molecule has 0 radical (unpaired) electrons. The summed E-state index contributed by atoms with van der Waals surface area (Å²) in [6.07, 6.45) is -0.297. The summed E-state index contributed by atoms with van der Waals surface area (Å²) < 4.78 is 31.5. The number of carbonyl (C=O) groups excluding carboxylic acids is 1. The Balaban J connectivity index is 2.95. The molecule has 1 aliphatic rings. The van der Waals surface area contributed by atoms with Crippen molar-refractivity contribution in [3.63, 3.8) is 0 Å². The van der Waals surface area contributed by atoms with Crippen LogP contribution in [0.15, 0.2) is 0 Å². The van der Waals surface area contributed by atoms with E-state index < -0.39 is 17.3 Å². The minimum Gasteiger partial charge on any atom is -0.468 e. The lowest BCUT2D eigenvalue weighted by atomic mass is 9.78. The standard InChI is InChI=1S/C9H15F2NO2/c1-8(7(13)14-3)6-12(2)5-4-9(8,10)11/h4-6H2,1-3H3. The van der Waals surface area contributed by atoms with Crippen molar-refractivity contribution in [2.75, 3.05) is 27.2 Å². The lowest BCUT2D eigenvalue weighted by Crippen LogP contribution is -2.57. The number of halogens is 2. The average Bonchev–Trinajstić information content (AvgIpc) is 2.11. The summed E-state index contributed by atoms with van der Waals surface area (Å²) in [5.41, 5.74) is -1.71. The first-order valence-corrected chi connectivity index (χ1v) is 4.48. The molecule has 0 aromatic carbocycles. The van der Waals surface area contributed by atoms with Crippen molar-refractivity contribution in [1.29, 1.82) is 0 Å². The highest BCUT2D eigenvalue weighted by atomic mass is 19.3. The highest BCUT2D eigenvalue weighted by Gasteiger charge is 2.58. The van der Waals surface area contributed by atoms with Crippen LogP contribution in [0.1, 0.15) is 13.3 Å². The number of rotatable bonds is 1. The van der Waals surface area contributed by atoms with Crippen LogP contribution < -0.4 is 0 Å². The quantitative estimate of drug-likeness (QED) is 0.604. The molecule has 1 fully saturated rings. The zero-order valence-corrected chi connectivity index (χ0v) is 8.64. The van der Waals surface area contributed by atoms with Crippen molar-refractivity contribution >= 4 is 5.97 Å². The van der Waals surface area contributed by atoms with Gasteiger partial charge in [-0.05, 0) is 14.0 Å². The van der Waals surface area contributed by atoms with Crippen molar-refractivity contribution in [2.45, 2.75) is 19.3 Å². The summed E-state index contributed by atoms with van der Waals surface area (Å²) in [6.45, 7) is 1.60. The Bertz CT molecular complexity index is 245. The molecule has 1 aliphatic heterocycles. The highest BCUT2D eigenvalue weighted by Crippen LogP contribution is 2.43. The zero-order chi connectivity index (χ0) is 11.0. The fraction of sp³-hybridized carbons (Fsp3) is 0.889. The number of methoxy groups -OCH3 is 1. The van der Waals surface area contributed by atoms with Crippen LogP contribution in [0, 0.1) is 5.41 Å². The van der Waals surface area contributed by atoms with Crippen LogP contribution in [-0.2, 0) is 9.53 Å². The maximum absolute atomic E-state index is 13.5. The van der Waals surface area contributed by atoms with Gasteiger partial charge in [-0.2, -0.15) is 0 Å². The molecule has 1 atom stereocenters. The van der Waals surface area contributed by atoms with E-state index in [1.807, 2.05) is 0 Å².